The zero-order chi connectivity index (χ0) is 23.2. The van der Waals surface area contributed by atoms with Crippen molar-refractivity contribution in [3.05, 3.63) is 35.9 Å². The Kier molecular flexibility index (Phi) is 8.97. The van der Waals surface area contributed by atoms with E-state index in [1.807, 2.05) is 25.1 Å². The number of piperazine rings is 1. The van der Waals surface area contributed by atoms with E-state index in [4.69, 9.17) is 16.3 Å². The largest absolute Gasteiger partial charge is 0.379 e. The van der Waals surface area contributed by atoms with E-state index < -0.39 is 21.1 Å². The van der Waals surface area contributed by atoms with E-state index >= 15 is 0 Å². The van der Waals surface area contributed by atoms with E-state index in [-0.39, 0.29) is 17.8 Å². The number of rotatable bonds is 8. The zero-order valence-electron chi connectivity index (χ0n) is 19.1. The highest BCUT2D eigenvalue weighted by Gasteiger charge is 2.51. The molecule has 1 amide bonds. The molecule has 9 heteroatoms. The van der Waals surface area contributed by atoms with Crippen molar-refractivity contribution < 1.29 is 17.9 Å². The second-order valence-electron chi connectivity index (χ2n) is 8.72. The van der Waals surface area contributed by atoms with Gasteiger partial charge < -0.3 is 10.1 Å². The van der Waals surface area contributed by atoms with Crippen LogP contribution in [0.3, 0.4) is 0 Å². The second-order valence-corrected chi connectivity index (χ2v) is 11.2. The van der Waals surface area contributed by atoms with Gasteiger partial charge in [0.05, 0.1) is 17.4 Å². The normalized spacial score (nSPS) is 26.9. The lowest BCUT2D eigenvalue weighted by molar-refractivity contribution is -0.0749. The number of carbonyl (C=O) groups excluding carboxylic acids is 1. The molecule has 2 aliphatic rings. The van der Waals surface area contributed by atoms with Gasteiger partial charge in [0, 0.05) is 38.9 Å². The van der Waals surface area contributed by atoms with Crippen LogP contribution in [0, 0.1) is 0 Å². The van der Waals surface area contributed by atoms with Gasteiger partial charge in [0.1, 0.15) is 5.50 Å². The van der Waals surface area contributed by atoms with Crippen LogP contribution in [0.4, 0.5) is 0 Å². The van der Waals surface area contributed by atoms with Gasteiger partial charge in [0.25, 0.3) is 5.91 Å². The molecule has 1 heterocycles. The molecule has 0 radical (unpaired) electrons. The Morgan fingerprint density at radius 2 is 1.88 bits per heavy atom. The number of nitrogens with zero attached hydrogens (tertiary/aromatic N) is 2. The van der Waals surface area contributed by atoms with Crippen LogP contribution in [0.15, 0.2) is 30.3 Å². The number of nitrogens with one attached hydrogen (secondary N) is 1. The first-order chi connectivity index (χ1) is 15.3. The lowest BCUT2D eigenvalue weighted by atomic mass is 9.84. The van der Waals surface area contributed by atoms with Crippen LogP contribution in [-0.4, -0.2) is 79.7 Å². The Bertz CT molecular complexity index is 846. The summed E-state index contributed by atoms with van der Waals surface area (Å²) in [7, 11) is -1.53. The lowest BCUT2D eigenvalue weighted by Gasteiger charge is -2.52. The molecule has 3 atom stereocenters. The second kappa shape index (κ2) is 11.3. The molecule has 1 aromatic rings. The Balaban J connectivity index is 1.84. The number of amides is 1. The third-order valence-corrected chi connectivity index (χ3v) is 9.36. The van der Waals surface area contributed by atoms with Crippen molar-refractivity contribution in [3.8, 4) is 0 Å². The van der Waals surface area contributed by atoms with Crippen LogP contribution in [-0.2, 0) is 14.8 Å². The minimum Gasteiger partial charge on any atom is -0.379 e. The van der Waals surface area contributed by atoms with Gasteiger partial charge in [-0.25, -0.2) is 8.42 Å². The maximum Gasteiger partial charge on any atom is 0.252 e. The number of hydrogen-bond donors (Lipinski definition) is 1. The summed E-state index contributed by atoms with van der Waals surface area (Å²) in [6.07, 6.45) is 5.21. The fourth-order valence-corrected chi connectivity index (χ4v) is 7.12. The minimum absolute atomic E-state index is 0.151. The van der Waals surface area contributed by atoms with E-state index in [0.29, 0.717) is 38.2 Å². The topological polar surface area (TPSA) is 79.0 Å². The summed E-state index contributed by atoms with van der Waals surface area (Å²) in [5, 5.41) is 3.03. The number of sulfonamides is 1. The molecular weight excluding hydrogens is 450 g/mol. The number of halogens is 1. The Labute approximate surface area is 197 Å². The van der Waals surface area contributed by atoms with Crippen molar-refractivity contribution in [2.45, 2.75) is 62.6 Å². The molecule has 1 N–H and O–H groups in total. The standard InChI is InChI=1S/C23H36ClN3O4S/c1-3-18-32(29,30)27-16-14-26(15-17-27)23(13-9-5-8-12-20(23)31-2)22(24)25-21(28)19-10-6-4-7-11-19/h4,6-7,10-11,20,22H,3,5,8-9,12-18H2,1-2H3,(H,25,28). The van der Waals surface area contributed by atoms with Crippen LogP contribution < -0.4 is 5.32 Å². The first kappa shape index (κ1) is 25.4. The van der Waals surface area contributed by atoms with E-state index in [1.54, 1.807) is 23.5 Å². The number of ether oxygens (including phenoxy) is 1. The number of alkyl halides is 1. The van der Waals surface area contributed by atoms with Crippen LogP contribution in [0.2, 0.25) is 0 Å². The molecule has 180 valence electrons. The van der Waals surface area contributed by atoms with Crippen LogP contribution >= 0.6 is 11.6 Å². The maximum absolute atomic E-state index is 12.9. The summed E-state index contributed by atoms with van der Waals surface area (Å²) in [6, 6.07) is 9.06. The van der Waals surface area contributed by atoms with Crippen molar-refractivity contribution in [3.63, 3.8) is 0 Å². The molecule has 1 aliphatic heterocycles. The van der Waals surface area contributed by atoms with Gasteiger partial charge in [-0.1, -0.05) is 56.0 Å². The van der Waals surface area contributed by atoms with E-state index in [2.05, 4.69) is 10.2 Å². The third kappa shape index (κ3) is 5.47. The highest BCUT2D eigenvalue weighted by atomic mass is 35.5. The zero-order valence-corrected chi connectivity index (χ0v) is 20.7. The average molecular weight is 486 g/mol. The highest BCUT2D eigenvalue weighted by Crippen LogP contribution is 2.39. The number of carbonyl (C=O) groups is 1. The summed E-state index contributed by atoms with van der Waals surface area (Å²) in [5.74, 6) is -0.0439. The number of hydrogen-bond acceptors (Lipinski definition) is 5. The number of methoxy groups -OCH3 is 1. The van der Waals surface area contributed by atoms with E-state index in [0.717, 1.165) is 32.1 Å². The Morgan fingerprint density at radius 3 is 2.50 bits per heavy atom. The fourth-order valence-electron chi connectivity index (χ4n) is 5.14. The summed E-state index contributed by atoms with van der Waals surface area (Å²) in [4.78, 5) is 15.2. The van der Waals surface area contributed by atoms with Gasteiger partial charge in [-0.05, 0) is 31.4 Å². The molecule has 1 aromatic carbocycles. The van der Waals surface area contributed by atoms with Gasteiger partial charge in [0.15, 0.2) is 0 Å². The molecule has 3 rings (SSSR count). The van der Waals surface area contributed by atoms with Crippen LogP contribution in [0.1, 0.15) is 55.8 Å². The van der Waals surface area contributed by atoms with Crippen LogP contribution in [0.25, 0.3) is 0 Å². The molecule has 0 spiro atoms. The third-order valence-electron chi connectivity index (χ3n) is 6.80. The molecule has 1 aliphatic carbocycles. The van der Waals surface area contributed by atoms with Crippen LogP contribution in [0.5, 0.6) is 0 Å². The summed E-state index contributed by atoms with van der Waals surface area (Å²) >= 11 is 7.03. The number of benzene rings is 1. The molecule has 3 unspecified atom stereocenters. The SMILES string of the molecule is CCCS(=O)(=O)N1CCN(C2(C(Cl)NC(=O)c3ccccc3)CCCCCC2OC)CC1. The van der Waals surface area contributed by atoms with Crippen molar-refractivity contribution >= 4 is 27.5 Å². The van der Waals surface area contributed by atoms with Gasteiger partial charge in [-0.15, -0.1) is 0 Å². The monoisotopic (exact) mass is 485 g/mol. The van der Waals surface area contributed by atoms with Crippen molar-refractivity contribution in [2.24, 2.45) is 0 Å². The minimum atomic E-state index is -3.24. The summed E-state index contributed by atoms with van der Waals surface area (Å²) in [5.41, 5.74) is -0.707. The Hall–Kier alpha value is -1.19. The fraction of sp³-hybridized carbons (Fsp3) is 0.696. The van der Waals surface area contributed by atoms with Gasteiger partial charge >= 0.3 is 0 Å². The van der Waals surface area contributed by atoms with E-state index in [9.17, 15) is 13.2 Å². The average Bonchev–Trinajstić information content (AvgIpc) is 3.03. The lowest BCUT2D eigenvalue weighted by Crippen LogP contribution is -2.69. The summed E-state index contributed by atoms with van der Waals surface area (Å²) in [6.45, 7) is 3.86. The summed E-state index contributed by atoms with van der Waals surface area (Å²) < 4.78 is 32.7. The first-order valence-electron chi connectivity index (χ1n) is 11.6. The predicted molar refractivity (Wildman–Crippen MR) is 127 cm³/mol. The quantitative estimate of drug-likeness (QED) is 0.348. The molecule has 0 bridgehead atoms. The van der Waals surface area contributed by atoms with E-state index in [1.165, 1.54) is 0 Å². The molecular formula is C23H36ClN3O4S. The molecule has 1 saturated heterocycles. The van der Waals surface area contributed by atoms with Gasteiger partial charge in [-0.2, -0.15) is 4.31 Å². The molecule has 32 heavy (non-hydrogen) atoms. The molecule has 2 fully saturated rings. The highest BCUT2D eigenvalue weighted by molar-refractivity contribution is 7.89. The first-order valence-corrected chi connectivity index (χ1v) is 13.7. The van der Waals surface area contributed by atoms with Crippen molar-refractivity contribution in [2.75, 3.05) is 39.0 Å². The maximum atomic E-state index is 12.9. The Morgan fingerprint density at radius 1 is 1.19 bits per heavy atom. The van der Waals surface area contributed by atoms with Gasteiger partial charge in [-0.3, -0.25) is 9.69 Å². The molecule has 1 saturated carbocycles. The van der Waals surface area contributed by atoms with Gasteiger partial charge in [0.2, 0.25) is 10.0 Å². The van der Waals surface area contributed by atoms with Crippen molar-refractivity contribution in [1.82, 2.24) is 14.5 Å². The smallest absolute Gasteiger partial charge is 0.252 e. The molecule has 7 nitrogen and oxygen atoms in total. The molecule has 0 aromatic heterocycles. The van der Waals surface area contributed by atoms with Crippen molar-refractivity contribution in [1.29, 1.82) is 0 Å². The predicted octanol–water partition coefficient (Wildman–Crippen LogP) is 3.06.